The minimum absolute atomic E-state index is 0.283. The molecule has 0 saturated carbocycles. The van der Waals surface area contributed by atoms with Gasteiger partial charge >= 0.3 is 11.8 Å². The molecule has 0 fully saturated rings. The summed E-state index contributed by atoms with van der Waals surface area (Å²) in [6.45, 7) is 6.16. The Morgan fingerprint density at radius 2 is 1.74 bits per heavy atom. The van der Waals surface area contributed by atoms with E-state index in [2.05, 4.69) is 20.4 Å². The number of benzene rings is 2. The van der Waals surface area contributed by atoms with Crippen molar-refractivity contribution in [1.82, 2.24) is 15.3 Å². The molecule has 3 rings (SSSR count). The third-order valence-corrected chi connectivity index (χ3v) is 6.01. The van der Waals surface area contributed by atoms with Gasteiger partial charge in [-0.15, -0.1) is 0 Å². The molecule has 0 aliphatic carbocycles. The summed E-state index contributed by atoms with van der Waals surface area (Å²) >= 11 is 6.28. The van der Waals surface area contributed by atoms with E-state index >= 15 is 0 Å². The van der Waals surface area contributed by atoms with Gasteiger partial charge in [0.15, 0.2) is 11.5 Å². The number of nitrogens with zero attached hydrogens (tertiary/aromatic N) is 2. The maximum atomic E-state index is 12.1. The predicted molar refractivity (Wildman–Crippen MR) is 137 cm³/mol. The highest BCUT2D eigenvalue weighted by molar-refractivity contribution is 6.35. The van der Waals surface area contributed by atoms with Gasteiger partial charge in [0.2, 0.25) is 0 Å². The van der Waals surface area contributed by atoms with Gasteiger partial charge < -0.3 is 19.4 Å². The normalized spacial score (nSPS) is 10.9. The Morgan fingerprint density at radius 3 is 2.43 bits per heavy atom. The van der Waals surface area contributed by atoms with Gasteiger partial charge in [-0.1, -0.05) is 23.7 Å². The van der Waals surface area contributed by atoms with Crippen LogP contribution in [0.1, 0.15) is 28.1 Å². The number of carbonyl (C=O) groups excluding carboxylic acids is 2. The molecule has 1 heterocycles. The highest BCUT2D eigenvalue weighted by Gasteiger charge is 2.14. The number of rotatable bonds is 8. The molecular formula is C26H29ClN4O4. The first-order valence-electron chi connectivity index (χ1n) is 11.0. The Morgan fingerprint density at radius 1 is 1.00 bits per heavy atom. The molecule has 0 unspecified atom stereocenters. The molecule has 2 aromatic carbocycles. The van der Waals surface area contributed by atoms with Crippen molar-refractivity contribution in [1.29, 1.82) is 0 Å². The molecule has 0 saturated heterocycles. The Balaban J connectivity index is 1.55. The maximum Gasteiger partial charge on any atom is 0.329 e. The molecule has 0 bridgehead atoms. The van der Waals surface area contributed by atoms with E-state index in [0.29, 0.717) is 22.9 Å². The molecule has 2 N–H and O–H groups in total. The SMILES string of the molecule is COc1ccc(CCNC(=O)C(=O)N/N=C\c2cc(C)n(-c3ccc(C)c(Cl)c3)c2C)cc1OC. The van der Waals surface area contributed by atoms with Crippen LogP contribution in [0.15, 0.2) is 47.6 Å². The van der Waals surface area contributed by atoms with Gasteiger partial charge in [0.05, 0.1) is 20.4 Å². The average molecular weight is 497 g/mol. The smallest absolute Gasteiger partial charge is 0.329 e. The summed E-state index contributed by atoms with van der Waals surface area (Å²) in [6, 6.07) is 13.3. The van der Waals surface area contributed by atoms with Crippen molar-refractivity contribution in [2.45, 2.75) is 27.2 Å². The fraction of sp³-hybridized carbons (Fsp3) is 0.269. The van der Waals surface area contributed by atoms with E-state index in [1.165, 1.54) is 6.21 Å². The molecule has 3 aromatic rings. The van der Waals surface area contributed by atoms with E-state index in [1.54, 1.807) is 20.3 Å². The minimum Gasteiger partial charge on any atom is -0.493 e. The lowest BCUT2D eigenvalue weighted by atomic mass is 10.1. The van der Waals surface area contributed by atoms with Crippen molar-refractivity contribution < 1.29 is 19.1 Å². The minimum atomic E-state index is -0.840. The van der Waals surface area contributed by atoms with Crippen LogP contribution in [0, 0.1) is 20.8 Å². The van der Waals surface area contributed by atoms with Crippen molar-refractivity contribution in [2.75, 3.05) is 20.8 Å². The second-order valence-electron chi connectivity index (χ2n) is 7.99. The monoisotopic (exact) mass is 496 g/mol. The number of halogens is 1. The van der Waals surface area contributed by atoms with Crippen LogP contribution >= 0.6 is 11.6 Å². The molecule has 8 nitrogen and oxygen atoms in total. The second kappa shape index (κ2) is 11.6. The standard InChI is InChI=1S/C26H29ClN4O4/c1-16-6-8-21(14-22(16)27)31-17(2)12-20(18(31)3)15-29-30-26(33)25(32)28-11-10-19-7-9-23(34-4)24(13-19)35-5/h6-9,12-15H,10-11H2,1-5H3,(H,28,32)(H,30,33)/b29-15-. The summed E-state index contributed by atoms with van der Waals surface area (Å²) in [6.07, 6.45) is 2.04. The van der Waals surface area contributed by atoms with Gasteiger partial charge in [-0.25, -0.2) is 5.43 Å². The average Bonchev–Trinajstić information content (AvgIpc) is 3.13. The molecule has 0 spiro atoms. The first kappa shape index (κ1) is 25.8. The van der Waals surface area contributed by atoms with Crippen molar-refractivity contribution in [2.24, 2.45) is 5.10 Å². The lowest BCUT2D eigenvalue weighted by Gasteiger charge is -2.11. The fourth-order valence-corrected chi connectivity index (χ4v) is 3.86. The van der Waals surface area contributed by atoms with Crippen molar-refractivity contribution >= 4 is 29.6 Å². The molecule has 9 heteroatoms. The zero-order valence-corrected chi connectivity index (χ0v) is 21.2. The van der Waals surface area contributed by atoms with Gasteiger partial charge in [-0.2, -0.15) is 5.10 Å². The molecule has 2 amide bonds. The largest absolute Gasteiger partial charge is 0.493 e. The number of hydrogen-bond acceptors (Lipinski definition) is 5. The van der Waals surface area contributed by atoms with Crippen LogP contribution in [-0.2, 0) is 16.0 Å². The number of hydrazone groups is 1. The quantitative estimate of drug-likeness (QED) is 0.281. The van der Waals surface area contributed by atoms with E-state index in [-0.39, 0.29) is 6.54 Å². The van der Waals surface area contributed by atoms with Crippen LogP contribution in [0.5, 0.6) is 11.5 Å². The number of hydrogen-bond donors (Lipinski definition) is 2. The Bertz CT molecular complexity index is 1270. The van der Waals surface area contributed by atoms with Crippen molar-refractivity contribution in [3.63, 3.8) is 0 Å². The number of aromatic nitrogens is 1. The van der Waals surface area contributed by atoms with E-state index in [4.69, 9.17) is 21.1 Å². The summed E-state index contributed by atoms with van der Waals surface area (Å²) in [7, 11) is 3.13. The predicted octanol–water partition coefficient (Wildman–Crippen LogP) is 3.88. The third-order valence-electron chi connectivity index (χ3n) is 5.61. The number of methoxy groups -OCH3 is 2. The fourth-order valence-electron chi connectivity index (χ4n) is 3.68. The van der Waals surface area contributed by atoms with Crippen molar-refractivity contribution in [3.05, 3.63) is 75.6 Å². The third kappa shape index (κ3) is 6.22. The molecule has 1 aromatic heterocycles. The molecular weight excluding hydrogens is 468 g/mol. The van der Waals surface area contributed by atoms with Gasteiger partial charge in [0, 0.05) is 34.2 Å². The summed E-state index contributed by atoms with van der Waals surface area (Å²) < 4.78 is 12.5. The molecule has 0 radical (unpaired) electrons. The van der Waals surface area contributed by atoms with E-state index in [9.17, 15) is 9.59 Å². The first-order valence-corrected chi connectivity index (χ1v) is 11.4. The summed E-state index contributed by atoms with van der Waals surface area (Å²) in [5, 5.41) is 7.23. The van der Waals surface area contributed by atoms with Crippen LogP contribution in [0.2, 0.25) is 5.02 Å². The lowest BCUT2D eigenvalue weighted by Crippen LogP contribution is -2.38. The topological polar surface area (TPSA) is 94.0 Å². The summed E-state index contributed by atoms with van der Waals surface area (Å²) in [5.41, 5.74) is 7.89. The maximum absolute atomic E-state index is 12.1. The van der Waals surface area contributed by atoms with Crippen LogP contribution in [-0.4, -0.2) is 43.4 Å². The van der Waals surface area contributed by atoms with Gasteiger partial charge in [-0.3, -0.25) is 9.59 Å². The molecule has 0 aliphatic heterocycles. The van der Waals surface area contributed by atoms with Crippen LogP contribution < -0.4 is 20.2 Å². The number of ether oxygens (including phenoxy) is 2. The molecule has 35 heavy (non-hydrogen) atoms. The van der Waals surface area contributed by atoms with Crippen LogP contribution in [0.25, 0.3) is 5.69 Å². The number of nitrogens with one attached hydrogen (secondary N) is 2. The summed E-state index contributed by atoms with van der Waals surface area (Å²) in [5.74, 6) is -0.371. The van der Waals surface area contributed by atoms with Gasteiger partial charge in [0.1, 0.15) is 0 Å². The van der Waals surface area contributed by atoms with Gasteiger partial charge in [0.25, 0.3) is 0 Å². The van der Waals surface area contributed by atoms with Crippen molar-refractivity contribution in [3.8, 4) is 17.2 Å². The number of amides is 2. The Hall–Kier alpha value is -3.78. The van der Waals surface area contributed by atoms with Crippen LogP contribution in [0.3, 0.4) is 0 Å². The zero-order valence-electron chi connectivity index (χ0n) is 20.4. The molecule has 184 valence electrons. The van der Waals surface area contributed by atoms with Crippen LogP contribution in [0.4, 0.5) is 0 Å². The highest BCUT2D eigenvalue weighted by Crippen LogP contribution is 2.27. The first-order chi connectivity index (χ1) is 16.7. The number of aryl methyl sites for hydroxylation is 2. The Labute approximate surface area is 209 Å². The Kier molecular flexibility index (Phi) is 8.54. The molecule has 0 atom stereocenters. The van der Waals surface area contributed by atoms with E-state index in [0.717, 1.165) is 33.8 Å². The second-order valence-corrected chi connectivity index (χ2v) is 8.40. The number of carbonyl (C=O) groups is 2. The van der Waals surface area contributed by atoms with Gasteiger partial charge in [-0.05, 0) is 68.7 Å². The molecule has 0 aliphatic rings. The summed E-state index contributed by atoms with van der Waals surface area (Å²) in [4.78, 5) is 24.2. The van der Waals surface area contributed by atoms with E-state index in [1.807, 2.05) is 57.2 Å². The zero-order chi connectivity index (χ0) is 25.5. The van der Waals surface area contributed by atoms with E-state index < -0.39 is 11.8 Å². The highest BCUT2D eigenvalue weighted by atomic mass is 35.5. The lowest BCUT2D eigenvalue weighted by molar-refractivity contribution is -0.139.